The van der Waals surface area contributed by atoms with Gasteiger partial charge in [0.2, 0.25) is 0 Å². The van der Waals surface area contributed by atoms with E-state index in [1.165, 1.54) is 0 Å². The van der Waals surface area contributed by atoms with Crippen LogP contribution in [-0.2, 0) is 6.54 Å². The Morgan fingerprint density at radius 2 is 1.65 bits per heavy atom. The van der Waals surface area contributed by atoms with E-state index < -0.39 is 0 Å². The lowest BCUT2D eigenvalue weighted by atomic mass is 10.2. The van der Waals surface area contributed by atoms with E-state index in [-0.39, 0.29) is 0 Å². The fraction of sp³-hybridized carbons (Fsp3) is 0.143. The topological polar surface area (TPSA) is 21.3 Å². The van der Waals surface area contributed by atoms with Gasteiger partial charge in [0.1, 0.15) is 11.5 Å². The molecule has 2 rings (SSSR count). The third kappa shape index (κ3) is 3.08. The monoisotopic (exact) mass is 291 g/mol. The van der Waals surface area contributed by atoms with Crippen LogP contribution in [0.1, 0.15) is 5.56 Å². The van der Waals surface area contributed by atoms with Crippen LogP contribution in [0, 0.1) is 0 Å². The van der Waals surface area contributed by atoms with Gasteiger partial charge >= 0.3 is 0 Å². The van der Waals surface area contributed by atoms with Gasteiger partial charge < -0.3 is 10.1 Å². The van der Waals surface area contributed by atoms with Gasteiger partial charge in [-0.25, -0.2) is 0 Å². The van der Waals surface area contributed by atoms with Gasteiger partial charge in [0, 0.05) is 12.1 Å². The second kappa shape index (κ2) is 5.84. The third-order valence-electron chi connectivity index (χ3n) is 2.40. The molecule has 0 unspecified atom stereocenters. The molecule has 0 saturated heterocycles. The zero-order valence-electron chi connectivity index (χ0n) is 9.61. The predicted octanol–water partition coefficient (Wildman–Crippen LogP) is 3.96. The Morgan fingerprint density at radius 1 is 1.00 bits per heavy atom. The maximum absolute atomic E-state index is 5.91. The van der Waals surface area contributed by atoms with Crippen molar-refractivity contribution in [3.8, 4) is 11.5 Å². The minimum absolute atomic E-state index is 0.792. The Balaban J connectivity index is 2.27. The zero-order chi connectivity index (χ0) is 12.1. The molecular formula is C14H14BrNO. The van der Waals surface area contributed by atoms with E-state index in [9.17, 15) is 0 Å². The van der Waals surface area contributed by atoms with Crippen LogP contribution in [-0.4, -0.2) is 7.05 Å². The molecule has 17 heavy (non-hydrogen) atoms. The van der Waals surface area contributed by atoms with Crippen molar-refractivity contribution in [2.45, 2.75) is 6.54 Å². The standard InChI is InChI=1S/C14H14BrNO/c1-16-10-11-6-2-4-8-13(11)17-14-9-5-3-7-12(14)15/h2-9,16H,10H2,1H3. The van der Waals surface area contributed by atoms with Gasteiger partial charge in [-0.1, -0.05) is 30.3 Å². The molecule has 2 aromatic carbocycles. The van der Waals surface area contributed by atoms with Crippen LogP contribution in [0.4, 0.5) is 0 Å². The fourth-order valence-electron chi connectivity index (χ4n) is 1.59. The number of ether oxygens (including phenoxy) is 1. The van der Waals surface area contributed by atoms with E-state index in [1.54, 1.807) is 0 Å². The first-order valence-electron chi connectivity index (χ1n) is 5.46. The number of hydrogen-bond donors (Lipinski definition) is 1. The van der Waals surface area contributed by atoms with E-state index in [0.29, 0.717) is 0 Å². The highest BCUT2D eigenvalue weighted by molar-refractivity contribution is 9.10. The van der Waals surface area contributed by atoms with Gasteiger partial charge in [-0.05, 0) is 41.2 Å². The molecule has 0 heterocycles. The van der Waals surface area contributed by atoms with Crippen molar-refractivity contribution >= 4 is 15.9 Å². The second-order valence-electron chi connectivity index (χ2n) is 3.67. The summed E-state index contributed by atoms with van der Waals surface area (Å²) in [4.78, 5) is 0. The fourth-order valence-corrected chi connectivity index (χ4v) is 1.95. The van der Waals surface area contributed by atoms with Gasteiger partial charge in [-0.3, -0.25) is 0 Å². The van der Waals surface area contributed by atoms with Gasteiger partial charge in [0.25, 0.3) is 0 Å². The molecule has 0 saturated carbocycles. The molecule has 0 aliphatic carbocycles. The average molecular weight is 292 g/mol. The molecular weight excluding hydrogens is 278 g/mol. The number of hydrogen-bond acceptors (Lipinski definition) is 2. The van der Waals surface area contributed by atoms with Crippen molar-refractivity contribution < 1.29 is 4.74 Å². The minimum atomic E-state index is 0.792. The van der Waals surface area contributed by atoms with Crippen LogP contribution in [0.25, 0.3) is 0 Å². The number of benzene rings is 2. The maximum atomic E-state index is 5.91. The van der Waals surface area contributed by atoms with E-state index >= 15 is 0 Å². The molecule has 2 aromatic rings. The minimum Gasteiger partial charge on any atom is -0.456 e. The average Bonchev–Trinajstić information content (AvgIpc) is 2.35. The summed E-state index contributed by atoms with van der Waals surface area (Å²) >= 11 is 3.48. The van der Waals surface area contributed by atoms with Gasteiger partial charge in [0.05, 0.1) is 4.47 Å². The largest absolute Gasteiger partial charge is 0.456 e. The van der Waals surface area contributed by atoms with Crippen LogP contribution < -0.4 is 10.1 Å². The molecule has 0 spiro atoms. The first kappa shape index (κ1) is 12.1. The summed E-state index contributed by atoms with van der Waals surface area (Å²) < 4.78 is 6.86. The van der Waals surface area contributed by atoms with Crippen molar-refractivity contribution in [3.05, 3.63) is 58.6 Å². The molecule has 0 bridgehead atoms. The molecule has 88 valence electrons. The van der Waals surface area contributed by atoms with Crippen molar-refractivity contribution in [3.63, 3.8) is 0 Å². The first-order valence-corrected chi connectivity index (χ1v) is 6.25. The van der Waals surface area contributed by atoms with E-state index in [1.807, 2.05) is 49.5 Å². The molecule has 0 aromatic heterocycles. The Labute approximate surface area is 110 Å². The van der Waals surface area contributed by atoms with Crippen LogP contribution >= 0.6 is 15.9 Å². The summed E-state index contributed by atoms with van der Waals surface area (Å²) in [7, 11) is 1.93. The van der Waals surface area contributed by atoms with Crippen molar-refractivity contribution in [1.29, 1.82) is 0 Å². The van der Waals surface area contributed by atoms with Gasteiger partial charge in [0.15, 0.2) is 0 Å². The van der Waals surface area contributed by atoms with Crippen molar-refractivity contribution in [1.82, 2.24) is 5.32 Å². The van der Waals surface area contributed by atoms with E-state index in [0.717, 1.165) is 28.1 Å². The number of rotatable bonds is 4. The molecule has 0 atom stereocenters. The highest BCUT2D eigenvalue weighted by Crippen LogP contribution is 2.30. The van der Waals surface area contributed by atoms with Gasteiger partial charge in [-0.15, -0.1) is 0 Å². The Kier molecular flexibility index (Phi) is 4.18. The lowest BCUT2D eigenvalue weighted by molar-refractivity contribution is 0.471. The lowest BCUT2D eigenvalue weighted by Crippen LogP contribution is -2.06. The van der Waals surface area contributed by atoms with Crippen LogP contribution in [0.5, 0.6) is 11.5 Å². The SMILES string of the molecule is CNCc1ccccc1Oc1ccccc1Br. The van der Waals surface area contributed by atoms with Crippen molar-refractivity contribution in [2.75, 3.05) is 7.05 Å². The van der Waals surface area contributed by atoms with Crippen LogP contribution in [0.2, 0.25) is 0 Å². The maximum Gasteiger partial charge on any atom is 0.141 e. The summed E-state index contributed by atoms with van der Waals surface area (Å²) in [5.41, 5.74) is 1.14. The van der Waals surface area contributed by atoms with Crippen molar-refractivity contribution in [2.24, 2.45) is 0 Å². The molecule has 0 radical (unpaired) electrons. The number of para-hydroxylation sites is 2. The predicted molar refractivity (Wildman–Crippen MR) is 73.4 cm³/mol. The summed E-state index contributed by atoms with van der Waals surface area (Å²) in [5, 5.41) is 3.13. The normalized spacial score (nSPS) is 10.2. The van der Waals surface area contributed by atoms with E-state index in [4.69, 9.17) is 4.74 Å². The highest BCUT2D eigenvalue weighted by atomic mass is 79.9. The quantitative estimate of drug-likeness (QED) is 0.921. The molecule has 1 N–H and O–H groups in total. The molecule has 0 aliphatic heterocycles. The Morgan fingerprint density at radius 3 is 2.35 bits per heavy atom. The molecule has 0 fully saturated rings. The van der Waals surface area contributed by atoms with Crippen LogP contribution in [0.15, 0.2) is 53.0 Å². The zero-order valence-corrected chi connectivity index (χ0v) is 11.2. The summed E-state index contributed by atoms with van der Waals surface area (Å²) in [6.45, 7) is 0.792. The second-order valence-corrected chi connectivity index (χ2v) is 4.52. The molecule has 0 amide bonds. The molecule has 3 heteroatoms. The van der Waals surface area contributed by atoms with Crippen LogP contribution in [0.3, 0.4) is 0 Å². The van der Waals surface area contributed by atoms with E-state index in [2.05, 4.69) is 27.3 Å². The first-order chi connectivity index (χ1) is 8.31. The highest BCUT2D eigenvalue weighted by Gasteiger charge is 2.05. The summed E-state index contributed by atoms with van der Waals surface area (Å²) in [6, 6.07) is 15.9. The third-order valence-corrected chi connectivity index (χ3v) is 3.05. The number of halogens is 1. The Hall–Kier alpha value is -1.32. The van der Waals surface area contributed by atoms with Gasteiger partial charge in [-0.2, -0.15) is 0 Å². The number of nitrogens with one attached hydrogen (secondary N) is 1. The molecule has 2 nitrogen and oxygen atoms in total. The smallest absolute Gasteiger partial charge is 0.141 e. The summed E-state index contributed by atoms with van der Waals surface area (Å²) in [6.07, 6.45) is 0. The molecule has 0 aliphatic rings. The summed E-state index contributed by atoms with van der Waals surface area (Å²) in [5.74, 6) is 1.71. The Bertz CT molecular complexity index is 499. The lowest BCUT2D eigenvalue weighted by Gasteiger charge is -2.11.